The molecule has 0 aliphatic carbocycles. The van der Waals surface area contributed by atoms with E-state index in [1.165, 1.54) is 6.07 Å². The van der Waals surface area contributed by atoms with Crippen LogP contribution in [-0.2, 0) is 6.54 Å². The number of rotatable bonds is 6. The number of pyridine rings is 1. The van der Waals surface area contributed by atoms with Crippen molar-refractivity contribution in [1.82, 2.24) is 14.8 Å². The summed E-state index contributed by atoms with van der Waals surface area (Å²) in [6.45, 7) is 5.26. The molecule has 0 bridgehead atoms. The Labute approximate surface area is 139 Å². The van der Waals surface area contributed by atoms with Gasteiger partial charge in [0.05, 0.1) is 17.0 Å². The van der Waals surface area contributed by atoms with Gasteiger partial charge in [-0.15, -0.1) is 0 Å². The summed E-state index contributed by atoms with van der Waals surface area (Å²) < 4.78 is 7.23. The molecule has 0 N–H and O–H groups in total. The van der Waals surface area contributed by atoms with E-state index in [0.29, 0.717) is 18.2 Å². The molecule has 3 rings (SSSR count). The van der Waals surface area contributed by atoms with Gasteiger partial charge in [0.2, 0.25) is 5.88 Å². The number of hydrogen-bond acceptors (Lipinski definition) is 5. The minimum atomic E-state index is -0.392. The van der Waals surface area contributed by atoms with Crippen molar-refractivity contribution < 1.29 is 9.66 Å². The summed E-state index contributed by atoms with van der Waals surface area (Å²) in [6.07, 6.45) is 2.61. The molecule has 2 heterocycles. The van der Waals surface area contributed by atoms with Gasteiger partial charge < -0.3 is 4.74 Å². The van der Waals surface area contributed by atoms with Gasteiger partial charge in [-0.05, 0) is 25.5 Å². The molecule has 0 spiro atoms. The third kappa shape index (κ3) is 2.92. The number of aryl methyl sites for hydroxylation is 1. The lowest BCUT2D eigenvalue weighted by molar-refractivity contribution is -0.384. The van der Waals surface area contributed by atoms with Crippen LogP contribution in [0.25, 0.3) is 22.2 Å². The minimum absolute atomic E-state index is 0.0543. The Kier molecular flexibility index (Phi) is 4.41. The summed E-state index contributed by atoms with van der Waals surface area (Å²) in [5.41, 5.74) is 2.43. The standard InChI is InChI=1S/C17H18N4O3/c1-3-9-20-15-7-6-13(21(22)23)10-14(15)17(19-20)12-5-8-16(18-11-12)24-4-2/h5-8,10-11H,3-4,9H2,1-2H3. The maximum absolute atomic E-state index is 11.1. The molecular weight excluding hydrogens is 308 g/mol. The minimum Gasteiger partial charge on any atom is -0.478 e. The number of nitrogens with zero attached hydrogens (tertiary/aromatic N) is 4. The van der Waals surface area contributed by atoms with Crippen molar-refractivity contribution in [2.24, 2.45) is 0 Å². The van der Waals surface area contributed by atoms with Gasteiger partial charge >= 0.3 is 0 Å². The van der Waals surface area contributed by atoms with Gasteiger partial charge in [0, 0.05) is 41.9 Å². The Bertz CT molecular complexity index is 871. The quantitative estimate of drug-likeness (QED) is 0.508. The van der Waals surface area contributed by atoms with Crippen LogP contribution in [0.5, 0.6) is 5.88 Å². The average Bonchev–Trinajstić information content (AvgIpc) is 2.94. The number of nitro groups is 1. The molecule has 0 amide bonds. The van der Waals surface area contributed by atoms with Crippen LogP contribution in [-0.4, -0.2) is 26.3 Å². The Hall–Kier alpha value is -2.96. The molecule has 3 aromatic rings. The van der Waals surface area contributed by atoms with E-state index in [9.17, 15) is 10.1 Å². The van der Waals surface area contributed by atoms with E-state index < -0.39 is 4.92 Å². The molecule has 0 aliphatic heterocycles. The number of aromatic nitrogens is 3. The van der Waals surface area contributed by atoms with Gasteiger partial charge in [0.1, 0.15) is 5.69 Å². The third-order valence-electron chi connectivity index (χ3n) is 3.68. The lowest BCUT2D eigenvalue weighted by Gasteiger charge is -2.02. The maximum atomic E-state index is 11.1. The fraction of sp³-hybridized carbons (Fsp3) is 0.294. The van der Waals surface area contributed by atoms with E-state index in [2.05, 4.69) is 17.0 Å². The fourth-order valence-electron chi connectivity index (χ4n) is 2.63. The lowest BCUT2D eigenvalue weighted by Crippen LogP contribution is -1.99. The summed E-state index contributed by atoms with van der Waals surface area (Å²) in [4.78, 5) is 15.0. The summed E-state index contributed by atoms with van der Waals surface area (Å²) in [6, 6.07) is 8.48. The monoisotopic (exact) mass is 326 g/mol. The highest BCUT2D eigenvalue weighted by Gasteiger charge is 2.16. The zero-order valence-corrected chi connectivity index (χ0v) is 13.6. The number of non-ortho nitro benzene ring substituents is 1. The molecule has 7 nitrogen and oxygen atoms in total. The fourth-order valence-corrected chi connectivity index (χ4v) is 2.63. The third-order valence-corrected chi connectivity index (χ3v) is 3.68. The summed E-state index contributed by atoms with van der Waals surface area (Å²) in [7, 11) is 0. The van der Waals surface area contributed by atoms with Gasteiger partial charge in [-0.3, -0.25) is 14.8 Å². The van der Waals surface area contributed by atoms with Crippen LogP contribution in [0.4, 0.5) is 5.69 Å². The molecule has 0 aliphatic rings. The van der Waals surface area contributed by atoms with E-state index in [4.69, 9.17) is 4.74 Å². The van der Waals surface area contributed by atoms with Crippen molar-refractivity contribution in [3.05, 3.63) is 46.6 Å². The number of hydrogen-bond donors (Lipinski definition) is 0. The van der Waals surface area contributed by atoms with Crippen molar-refractivity contribution in [3.63, 3.8) is 0 Å². The molecule has 0 fully saturated rings. The van der Waals surface area contributed by atoms with Crippen molar-refractivity contribution in [1.29, 1.82) is 0 Å². The van der Waals surface area contributed by atoms with E-state index >= 15 is 0 Å². The van der Waals surface area contributed by atoms with Gasteiger partial charge in [-0.25, -0.2) is 4.98 Å². The SMILES string of the molecule is CCCn1nc(-c2ccc(OCC)nc2)c2cc([N+](=O)[O-])ccc21. The van der Waals surface area contributed by atoms with E-state index in [0.717, 1.165) is 29.4 Å². The normalized spacial score (nSPS) is 10.9. The zero-order chi connectivity index (χ0) is 17.1. The largest absolute Gasteiger partial charge is 0.478 e. The molecule has 0 unspecified atom stereocenters. The molecule has 24 heavy (non-hydrogen) atoms. The summed E-state index contributed by atoms with van der Waals surface area (Å²) in [5.74, 6) is 0.546. The predicted octanol–water partition coefficient (Wildman–Crippen LogP) is 3.82. The average molecular weight is 326 g/mol. The van der Waals surface area contributed by atoms with Crippen molar-refractivity contribution >= 4 is 16.6 Å². The van der Waals surface area contributed by atoms with E-state index in [-0.39, 0.29) is 5.69 Å². The second kappa shape index (κ2) is 6.66. The van der Waals surface area contributed by atoms with E-state index in [1.54, 1.807) is 24.4 Å². The van der Waals surface area contributed by atoms with Gasteiger partial charge in [-0.2, -0.15) is 5.10 Å². The number of fused-ring (bicyclic) bond motifs is 1. The zero-order valence-electron chi connectivity index (χ0n) is 13.6. The van der Waals surface area contributed by atoms with E-state index in [1.807, 2.05) is 17.7 Å². The molecule has 0 saturated carbocycles. The van der Waals surface area contributed by atoms with Crippen LogP contribution < -0.4 is 4.74 Å². The summed E-state index contributed by atoms with van der Waals surface area (Å²) >= 11 is 0. The molecule has 0 saturated heterocycles. The first-order chi connectivity index (χ1) is 11.6. The van der Waals surface area contributed by atoms with Crippen molar-refractivity contribution in [2.45, 2.75) is 26.8 Å². The highest BCUT2D eigenvalue weighted by Crippen LogP contribution is 2.31. The van der Waals surface area contributed by atoms with Gasteiger partial charge in [-0.1, -0.05) is 6.92 Å². The Morgan fingerprint density at radius 1 is 1.25 bits per heavy atom. The Morgan fingerprint density at radius 2 is 2.08 bits per heavy atom. The highest BCUT2D eigenvalue weighted by molar-refractivity contribution is 5.94. The molecular formula is C17H18N4O3. The molecule has 1 aromatic carbocycles. The van der Waals surface area contributed by atoms with Crippen LogP contribution in [0.3, 0.4) is 0 Å². The lowest BCUT2D eigenvalue weighted by atomic mass is 10.1. The molecule has 2 aromatic heterocycles. The second-order valence-electron chi connectivity index (χ2n) is 5.35. The number of ether oxygens (including phenoxy) is 1. The first-order valence-corrected chi connectivity index (χ1v) is 7.88. The first-order valence-electron chi connectivity index (χ1n) is 7.88. The van der Waals surface area contributed by atoms with Gasteiger partial charge in [0.15, 0.2) is 0 Å². The van der Waals surface area contributed by atoms with Crippen molar-refractivity contribution in [2.75, 3.05) is 6.61 Å². The van der Waals surface area contributed by atoms with Crippen LogP contribution in [0.2, 0.25) is 0 Å². The Morgan fingerprint density at radius 3 is 2.71 bits per heavy atom. The van der Waals surface area contributed by atoms with Crippen LogP contribution in [0.1, 0.15) is 20.3 Å². The molecule has 124 valence electrons. The topological polar surface area (TPSA) is 83.1 Å². The van der Waals surface area contributed by atoms with Gasteiger partial charge in [0.25, 0.3) is 5.69 Å². The maximum Gasteiger partial charge on any atom is 0.270 e. The molecule has 0 radical (unpaired) electrons. The highest BCUT2D eigenvalue weighted by atomic mass is 16.6. The number of nitro benzene ring substituents is 1. The van der Waals surface area contributed by atoms with Crippen LogP contribution in [0, 0.1) is 10.1 Å². The predicted molar refractivity (Wildman–Crippen MR) is 91.1 cm³/mol. The number of benzene rings is 1. The smallest absolute Gasteiger partial charge is 0.270 e. The summed E-state index contributed by atoms with van der Waals surface area (Å²) in [5, 5.41) is 16.5. The molecule has 0 atom stereocenters. The first kappa shape index (κ1) is 15.9. The Balaban J connectivity index is 2.14. The van der Waals surface area contributed by atoms with Crippen LogP contribution in [0.15, 0.2) is 36.5 Å². The van der Waals surface area contributed by atoms with Crippen molar-refractivity contribution in [3.8, 4) is 17.1 Å². The molecule has 7 heteroatoms. The second-order valence-corrected chi connectivity index (χ2v) is 5.35. The van der Waals surface area contributed by atoms with Crippen LogP contribution >= 0.6 is 0 Å².